The van der Waals surface area contributed by atoms with Crippen LogP contribution in [0.5, 0.6) is 0 Å². The summed E-state index contributed by atoms with van der Waals surface area (Å²) >= 11 is 5.95. The van der Waals surface area contributed by atoms with Gasteiger partial charge in [0.05, 0.1) is 12.0 Å². The molecule has 5 nitrogen and oxygen atoms in total. The van der Waals surface area contributed by atoms with Gasteiger partial charge in [0.1, 0.15) is 0 Å². The second-order valence-corrected chi connectivity index (χ2v) is 4.42. The Morgan fingerprint density at radius 3 is 2.60 bits per heavy atom. The highest BCUT2D eigenvalue weighted by Crippen LogP contribution is 2.14. The minimum atomic E-state index is -0.425. The molecular formula is C14H12ClN3O2. The lowest BCUT2D eigenvalue weighted by Gasteiger charge is -2.08. The zero-order valence-corrected chi connectivity index (χ0v) is 11.2. The van der Waals surface area contributed by atoms with Crippen LogP contribution in [0.4, 0.5) is 0 Å². The van der Waals surface area contributed by atoms with Gasteiger partial charge in [0.25, 0.3) is 5.91 Å². The molecule has 0 aliphatic carbocycles. The summed E-state index contributed by atoms with van der Waals surface area (Å²) in [6.07, 6.45) is 3.06. The van der Waals surface area contributed by atoms with E-state index in [9.17, 15) is 9.59 Å². The van der Waals surface area contributed by atoms with Crippen molar-refractivity contribution in [2.45, 2.75) is 6.42 Å². The van der Waals surface area contributed by atoms with Crippen molar-refractivity contribution in [3.8, 4) is 0 Å². The van der Waals surface area contributed by atoms with Crippen molar-refractivity contribution in [2.24, 2.45) is 0 Å². The first-order valence-electron chi connectivity index (χ1n) is 5.89. The molecule has 0 atom stereocenters. The Bertz CT molecular complexity index is 617. The van der Waals surface area contributed by atoms with Gasteiger partial charge in [-0.05, 0) is 23.8 Å². The van der Waals surface area contributed by atoms with E-state index in [1.54, 1.807) is 42.6 Å². The maximum Gasteiger partial charge on any atom is 0.271 e. The van der Waals surface area contributed by atoms with Gasteiger partial charge in [-0.25, -0.2) is 0 Å². The monoisotopic (exact) mass is 289 g/mol. The molecule has 2 N–H and O–H groups in total. The van der Waals surface area contributed by atoms with E-state index in [-0.39, 0.29) is 12.3 Å². The molecular weight excluding hydrogens is 278 g/mol. The lowest BCUT2D eigenvalue weighted by molar-refractivity contribution is -0.121. The first kappa shape index (κ1) is 14.0. The largest absolute Gasteiger partial charge is 0.273 e. The smallest absolute Gasteiger partial charge is 0.271 e. The molecule has 0 fully saturated rings. The third-order valence-corrected chi connectivity index (χ3v) is 2.92. The Morgan fingerprint density at radius 2 is 1.90 bits per heavy atom. The third-order valence-electron chi connectivity index (χ3n) is 2.55. The molecule has 1 heterocycles. The molecule has 6 heteroatoms. The molecule has 0 saturated carbocycles. The Kier molecular flexibility index (Phi) is 4.68. The molecule has 2 amide bonds. The van der Waals surface area contributed by atoms with E-state index in [0.717, 1.165) is 0 Å². The molecule has 20 heavy (non-hydrogen) atoms. The Labute approximate surface area is 120 Å². The number of hydrogen-bond acceptors (Lipinski definition) is 3. The van der Waals surface area contributed by atoms with Crippen molar-refractivity contribution >= 4 is 23.4 Å². The number of amides is 2. The molecule has 2 rings (SSSR count). The number of benzene rings is 1. The molecule has 0 spiro atoms. The van der Waals surface area contributed by atoms with Crippen LogP contribution in [-0.2, 0) is 11.2 Å². The van der Waals surface area contributed by atoms with Crippen LogP contribution in [0.25, 0.3) is 0 Å². The predicted molar refractivity (Wildman–Crippen MR) is 75.0 cm³/mol. The summed E-state index contributed by atoms with van der Waals surface area (Å²) < 4.78 is 0. The van der Waals surface area contributed by atoms with Crippen LogP contribution in [0.15, 0.2) is 48.8 Å². The average Bonchev–Trinajstić information content (AvgIpc) is 2.48. The van der Waals surface area contributed by atoms with Gasteiger partial charge < -0.3 is 0 Å². The standard InChI is InChI=1S/C14H12ClN3O2/c15-12-6-2-1-4-10(12)8-13(19)17-18-14(20)11-5-3-7-16-9-11/h1-7,9H,8H2,(H,17,19)(H,18,20). The van der Waals surface area contributed by atoms with Crippen molar-refractivity contribution in [1.29, 1.82) is 0 Å². The van der Waals surface area contributed by atoms with Crippen LogP contribution in [-0.4, -0.2) is 16.8 Å². The fourth-order valence-electron chi connectivity index (χ4n) is 1.55. The van der Waals surface area contributed by atoms with Gasteiger partial charge >= 0.3 is 0 Å². The number of aromatic nitrogens is 1. The molecule has 0 bridgehead atoms. The van der Waals surface area contributed by atoms with Gasteiger partial charge in [0.15, 0.2) is 0 Å². The predicted octanol–water partition coefficient (Wildman–Crippen LogP) is 1.74. The molecule has 0 unspecified atom stereocenters. The van der Waals surface area contributed by atoms with Crippen LogP contribution in [0.1, 0.15) is 15.9 Å². The maximum atomic E-state index is 11.7. The normalized spacial score (nSPS) is 9.85. The molecule has 1 aromatic heterocycles. The van der Waals surface area contributed by atoms with Crippen LogP contribution in [0, 0.1) is 0 Å². The minimum Gasteiger partial charge on any atom is -0.273 e. The van der Waals surface area contributed by atoms with E-state index >= 15 is 0 Å². The number of carbonyl (C=O) groups is 2. The minimum absolute atomic E-state index is 0.0903. The van der Waals surface area contributed by atoms with Crippen LogP contribution in [0.3, 0.4) is 0 Å². The third kappa shape index (κ3) is 3.80. The zero-order valence-electron chi connectivity index (χ0n) is 10.5. The van der Waals surface area contributed by atoms with Crippen molar-refractivity contribution in [3.63, 3.8) is 0 Å². The van der Waals surface area contributed by atoms with Crippen LogP contribution >= 0.6 is 11.6 Å². The highest BCUT2D eigenvalue weighted by atomic mass is 35.5. The van der Waals surface area contributed by atoms with E-state index in [1.807, 2.05) is 0 Å². The molecule has 2 aromatic rings. The summed E-state index contributed by atoms with van der Waals surface area (Å²) in [4.78, 5) is 27.2. The summed E-state index contributed by atoms with van der Waals surface area (Å²) in [6.45, 7) is 0. The van der Waals surface area contributed by atoms with Crippen LogP contribution < -0.4 is 10.9 Å². The summed E-state index contributed by atoms with van der Waals surface area (Å²) in [5, 5.41) is 0.515. The highest BCUT2D eigenvalue weighted by Gasteiger charge is 2.09. The lowest BCUT2D eigenvalue weighted by Crippen LogP contribution is -2.42. The van der Waals surface area contributed by atoms with E-state index in [4.69, 9.17) is 11.6 Å². The molecule has 0 aliphatic rings. The van der Waals surface area contributed by atoms with Gasteiger partial charge in [0.2, 0.25) is 5.91 Å². The van der Waals surface area contributed by atoms with E-state index in [0.29, 0.717) is 16.1 Å². The second kappa shape index (κ2) is 6.68. The summed E-state index contributed by atoms with van der Waals surface area (Å²) in [5.74, 6) is -0.777. The number of carbonyl (C=O) groups excluding carboxylic acids is 2. The molecule has 0 aliphatic heterocycles. The number of rotatable bonds is 3. The van der Waals surface area contributed by atoms with Crippen molar-refractivity contribution in [1.82, 2.24) is 15.8 Å². The van der Waals surface area contributed by atoms with Crippen molar-refractivity contribution < 1.29 is 9.59 Å². The number of nitrogens with zero attached hydrogens (tertiary/aromatic N) is 1. The molecule has 102 valence electrons. The van der Waals surface area contributed by atoms with Crippen molar-refractivity contribution in [3.05, 3.63) is 64.9 Å². The van der Waals surface area contributed by atoms with Gasteiger partial charge in [-0.3, -0.25) is 25.4 Å². The first-order valence-corrected chi connectivity index (χ1v) is 6.27. The lowest BCUT2D eigenvalue weighted by atomic mass is 10.1. The fourth-order valence-corrected chi connectivity index (χ4v) is 1.76. The fraction of sp³-hybridized carbons (Fsp3) is 0.0714. The maximum absolute atomic E-state index is 11.7. The number of nitrogens with one attached hydrogen (secondary N) is 2. The van der Waals surface area contributed by atoms with E-state index in [2.05, 4.69) is 15.8 Å². The number of hydrogen-bond donors (Lipinski definition) is 2. The number of hydrazine groups is 1. The van der Waals surface area contributed by atoms with Crippen LogP contribution in [0.2, 0.25) is 5.02 Å². The Morgan fingerprint density at radius 1 is 1.10 bits per heavy atom. The Balaban J connectivity index is 1.87. The van der Waals surface area contributed by atoms with Crippen molar-refractivity contribution in [2.75, 3.05) is 0 Å². The average molecular weight is 290 g/mol. The van der Waals surface area contributed by atoms with Gasteiger partial charge in [-0.1, -0.05) is 29.8 Å². The van der Waals surface area contributed by atoms with Gasteiger partial charge in [-0.2, -0.15) is 0 Å². The number of pyridine rings is 1. The molecule has 0 saturated heterocycles. The van der Waals surface area contributed by atoms with E-state index in [1.165, 1.54) is 6.20 Å². The summed E-state index contributed by atoms with van der Waals surface area (Å²) in [7, 11) is 0. The quantitative estimate of drug-likeness (QED) is 0.846. The topological polar surface area (TPSA) is 71.1 Å². The Hall–Kier alpha value is -2.40. The number of halogens is 1. The zero-order chi connectivity index (χ0) is 14.4. The van der Waals surface area contributed by atoms with E-state index < -0.39 is 5.91 Å². The van der Waals surface area contributed by atoms with Gasteiger partial charge in [0, 0.05) is 17.4 Å². The molecule has 1 aromatic carbocycles. The van der Waals surface area contributed by atoms with Gasteiger partial charge in [-0.15, -0.1) is 0 Å². The summed E-state index contributed by atoms with van der Waals surface area (Å²) in [6, 6.07) is 10.3. The highest BCUT2D eigenvalue weighted by molar-refractivity contribution is 6.31. The second-order valence-electron chi connectivity index (χ2n) is 4.01. The first-order chi connectivity index (χ1) is 9.66. The SMILES string of the molecule is O=C(Cc1ccccc1Cl)NNC(=O)c1cccnc1. The summed E-state index contributed by atoms with van der Waals surface area (Å²) in [5.41, 5.74) is 5.71. The molecule has 0 radical (unpaired) electrons.